The van der Waals surface area contributed by atoms with Gasteiger partial charge in [0.2, 0.25) is 10.4 Å². The molecule has 0 amide bonds. The van der Waals surface area contributed by atoms with Gasteiger partial charge in [0.05, 0.1) is 0 Å². The van der Waals surface area contributed by atoms with Crippen molar-refractivity contribution in [2.45, 2.75) is 0 Å². The Morgan fingerprint density at radius 2 is 1.33 bits per heavy atom. The number of hydrogen-bond acceptors (Lipinski definition) is 3. The number of halogens is 3. The van der Waals surface area contributed by atoms with Crippen molar-refractivity contribution < 1.29 is 60.5 Å². The van der Waals surface area contributed by atoms with Crippen LogP contribution in [0, 0.1) is 0 Å². The number of rotatable bonds is 0. The van der Waals surface area contributed by atoms with E-state index < -0.39 is 10.4 Å². The molecule has 92 valence electrons. The van der Waals surface area contributed by atoms with E-state index in [1.807, 2.05) is 30.3 Å². The highest BCUT2D eigenvalue weighted by molar-refractivity contribution is 7.79. The quantitative estimate of drug-likeness (QED) is 0.366. The van der Waals surface area contributed by atoms with Gasteiger partial charge in [-0.25, -0.2) is 8.42 Å². The zero-order chi connectivity index (χ0) is 9.61. The van der Waals surface area contributed by atoms with Gasteiger partial charge >= 0.3 is 0 Å². The zero-order valence-electron chi connectivity index (χ0n) is 7.31. The summed E-state index contributed by atoms with van der Waals surface area (Å²) < 4.78 is 32.8. The lowest BCUT2D eigenvalue weighted by Crippen LogP contribution is -3.00. The topological polar surface area (TPSA) is 105 Å². The predicted octanol–water partition coefficient (Wildman–Crippen LogP) is -9.42. The van der Waals surface area contributed by atoms with Gasteiger partial charge in [-0.05, 0) is 12.1 Å². The van der Waals surface area contributed by atoms with Crippen LogP contribution in [-0.2, 0) is 10.4 Å². The molecular formula is C6H9Cl3NO4S-3. The van der Waals surface area contributed by atoms with E-state index in [-0.39, 0.29) is 37.2 Å². The molecule has 0 heterocycles. The highest BCUT2D eigenvalue weighted by atomic mass is 35.5. The average Bonchev–Trinajstić information content (AvgIpc) is 1.85. The van der Waals surface area contributed by atoms with Gasteiger partial charge in [-0.1, -0.05) is 18.2 Å². The third kappa shape index (κ3) is 31.5. The van der Waals surface area contributed by atoms with Crippen molar-refractivity contribution in [3.8, 4) is 0 Å². The summed E-state index contributed by atoms with van der Waals surface area (Å²) in [6.07, 6.45) is 0. The van der Waals surface area contributed by atoms with Gasteiger partial charge in [-0.15, -0.1) is 0 Å². The molecule has 0 aliphatic carbocycles. The van der Waals surface area contributed by atoms with Crippen molar-refractivity contribution in [3.05, 3.63) is 30.3 Å². The van der Waals surface area contributed by atoms with Gasteiger partial charge in [0.15, 0.2) is 0 Å². The Morgan fingerprint density at radius 1 is 1.07 bits per heavy atom. The second-order valence-corrected chi connectivity index (χ2v) is 2.77. The van der Waals surface area contributed by atoms with Crippen LogP contribution >= 0.6 is 0 Å². The maximum Gasteiger partial charge on any atom is 0.215 e. The Hall–Kier alpha value is -0.0800. The summed E-state index contributed by atoms with van der Waals surface area (Å²) >= 11 is 0. The molecule has 15 heavy (non-hydrogen) atoms. The summed E-state index contributed by atoms with van der Waals surface area (Å²) in [4.78, 5) is 0. The number of quaternary nitrogens is 1. The third-order valence-electron chi connectivity index (χ3n) is 0.843. The van der Waals surface area contributed by atoms with E-state index in [1.54, 1.807) is 0 Å². The standard InChI is InChI=1S/C6H7N.3ClH.H2O4S/c7-6-4-2-1-3-5-6;;;;1-5(2,3)4/h1-5H,7H2;3*1H;(H2,1,2,3,4)/p-3. The smallest absolute Gasteiger partial charge is 0.215 e. The van der Waals surface area contributed by atoms with Crippen molar-refractivity contribution >= 4 is 16.1 Å². The van der Waals surface area contributed by atoms with Crippen LogP contribution in [0.2, 0.25) is 0 Å². The second kappa shape index (κ2) is 12.0. The van der Waals surface area contributed by atoms with Crippen LogP contribution in [-0.4, -0.2) is 17.5 Å². The van der Waals surface area contributed by atoms with E-state index in [9.17, 15) is 0 Å². The molecule has 0 saturated carbocycles. The van der Waals surface area contributed by atoms with Crippen LogP contribution in [0.1, 0.15) is 0 Å². The van der Waals surface area contributed by atoms with Crippen molar-refractivity contribution in [1.29, 1.82) is 0 Å². The Bertz CT molecular complexity index is 310. The lowest BCUT2D eigenvalue weighted by Gasteiger charge is -1.88. The van der Waals surface area contributed by atoms with Crippen LogP contribution < -0.4 is 43.0 Å². The molecule has 0 aliphatic rings. The molecule has 0 unspecified atom stereocenters. The fourth-order valence-electron chi connectivity index (χ4n) is 0.478. The Labute approximate surface area is 107 Å². The van der Waals surface area contributed by atoms with E-state index in [0.717, 1.165) is 5.69 Å². The third-order valence-corrected chi connectivity index (χ3v) is 0.843. The Kier molecular flexibility index (Phi) is 19.4. The monoisotopic (exact) mass is 296 g/mol. The summed E-state index contributed by atoms with van der Waals surface area (Å²) in [5, 5.41) is 0. The number of hydrogen-bond donors (Lipinski definition) is 2. The summed E-state index contributed by atoms with van der Waals surface area (Å²) in [7, 11) is -4.92. The fraction of sp³-hybridized carbons (Fsp3) is 0. The SMILES string of the molecule is O=S(=O)([O-])O.[Cl-].[Cl-].[Cl-].[NH3+]c1ccccc1. The van der Waals surface area contributed by atoms with Crippen LogP contribution in [0.4, 0.5) is 5.69 Å². The van der Waals surface area contributed by atoms with Crippen LogP contribution in [0.25, 0.3) is 0 Å². The van der Waals surface area contributed by atoms with Gasteiger partial charge in [-0.2, -0.15) is 0 Å². The molecule has 0 aliphatic heterocycles. The minimum atomic E-state index is -4.92. The molecule has 0 fully saturated rings. The molecule has 0 saturated heterocycles. The summed E-state index contributed by atoms with van der Waals surface area (Å²) in [6, 6.07) is 9.87. The normalized spacial score (nSPS) is 7.93. The van der Waals surface area contributed by atoms with E-state index in [0.29, 0.717) is 0 Å². The molecule has 0 spiro atoms. The first-order chi connectivity index (χ1) is 5.39. The van der Waals surface area contributed by atoms with Crippen molar-refractivity contribution in [1.82, 2.24) is 0 Å². The minimum Gasteiger partial charge on any atom is -1.00 e. The maximum atomic E-state index is 8.63. The Balaban J connectivity index is -0.0000000701. The second-order valence-electron chi connectivity index (χ2n) is 1.91. The highest BCUT2D eigenvalue weighted by Crippen LogP contribution is 1.93. The molecular weight excluding hydrogens is 288 g/mol. The lowest BCUT2D eigenvalue weighted by molar-refractivity contribution is -0.254. The molecule has 0 atom stereocenters. The average molecular weight is 298 g/mol. The number of benzene rings is 1. The summed E-state index contributed by atoms with van der Waals surface area (Å²) in [5.41, 5.74) is 4.79. The molecule has 0 bridgehead atoms. The zero-order valence-corrected chi connectivity index (χ0v) is 10.4. The molecule has 1 rings (SSSR count). The lowest BCUT2D eigenvalue weighted by atomic mass is 10.3. The summed E-state index contributed by atoms with van der Waals surface area (Å²) in [6.45, 7) is 0. The van der Waals surface area contributed by atoms with E-state index in [4.69, 9.17) is 17.5 Å². The highest BCUT2D eigenvalue weighted by Gasteiger charge is 1.77. The maximum absolute atomic E-state index is 8.63. The molecule has 1 aromatic carbocycles. The van der Waals surface area contributed by atoms with Gasteiger partial charge in [0.25, 0.3) is 0 Å². The van der Waals surface area contributed by atoms with Crippen LogP contribution in [0.15, 0.2) is 30.3 Å². The first kappa shape index (κ1) is 24.2. The first-order valence-corrected chi connectivity index (χ1v) is 4.31. The van der Waals surface area contributed by atoms with E-state index in [1.165, 1.54) is 0 Å². The molecule has 0 radical (unpaired) electrons. The summed E-state index contributed by atoms with van der Waals surface area (Å²) in [5.74, 6) is 0. The van der Waals surface area contributed by atoms with E-state index in [2.05, 4.69) is 5.73 Å². The molecule has 9 heteroatoms. The van der Waals surface area contributed by atoms with Crippen LogP contribution in [0.3, 0.4) is 0 Å². The first-order valence-electron chi connectivity index (χ1n) is 2.95. The van der Waals surface area contributed by atoms with Gasteiger partial charge in [0, 0.05) is 0 Å². The van der Waals surface area contributed by atoms with Gasteiger partial charge in [0.1, 0.15) is 5.69 Å². The molecule has 5 nitrogen and oxygen atoms in total. The Morgan fingerprint density at radius 3 is 1.47 bits per heavy atom. The molecule has 4 N–H and O–H groups in total. The largest absolute Gasteiger partial charge is 1.00 e. The molecule has 1 aromatic rings. The van der Waals surface area contributed by atoms with Gasteiger partial charge < -0.3 is 47.5 Å². The van der Waals surface area contributed by atoms with Crippen molar-refractivity contribution in [3.63, 3.8) is 0 Å². The van der Waals surface area contributed by atoms with E-state index >= 15 is 0 Å². The van der Waals surface area contributed by atoms with Crippen molar-refractivity contribution in [2.24, 2.45) is 0 Å². The van der Waals surface area contributed by atoms with Crippen LogP contribution in [0.5, 0.6) is 0 Å². The predicted molar refractivity (Wildman–Crippen MR) is 41.3 cm³/mol. The minimum absolute atomic E-state index is 0. The fourth-order valence-corrected chi connectivity index (χ4v) is 0.478. The van der Waals surface area contributed by atoms with Crippen molar-refractivity contribution in [2.75, 3.05) is 0 Å². The van der Waals surface area contributed by atoms with Gasteiger partial charge in [-0.3, -0.25) is 4.55 Å². The molecule has 0 aromatic heterocycles.